The van der Waals surface area contributed by atoms with Crippen LogP contribution < -0.4 is 4.90 Å². The average Bonchev–Trinajstić information content (AvgIpc) is 4.14. The largest absolute Gasteiger partial charge is 0.456 e. The Morgan fingerprint density at radius 3 is 1.39 bits per heavy atom. The van der Waals surface area contributed by atoms with Crippen molar-refractivity contribution in [3.05, 3.63) is 246 Å². The van der Waals surface area contributed by atoms with Gasteiger partial charge in [-0.3, -0.25) is 0 Å². The van der Waals surface area contributed by atoms with E-state index in [1.165, 1.54) is 72.3 Å². The van der Waals surface area contributed by atoms with Gasteiger partial charge in [-0.1, -0.05) is 159 Å². The highest BCUT2D eigenvalue weighted by Crippen LogP contribution is 2.63. The molecule has 1 spiro atoms. The van der Waals surface area contributed by atoms with Crippen molar-refractivity contribution in [2.24, 2.45) is 0 Å². The highest BCUT2D eigenvalue weighted by molar-refractivity contribution is 6.15. The lowest BCUT2D eigenvalue weighted by atomic mass is 9.70. The molecule has 0 amide bonds. The van der Waals surface area contributed by atoms with Gasteiger partial charge in [0, 0.05) is 44.0 Å². The molecule has 2 aromatic heterocycles. The van der Waals surface area contributed by atoms with Gasteiger partial charge in [0.2, 0.25) is 0 Å². The predicted molar refractivity (Wildman–Crippen MR) is 275 cm³/mol. The molecule has 314 valence electrons. The zero-order valence-electron chi connectivity index (χ0n) is 37.0. The van der Waals surface area contributed by atoms with Crippen molar-refractivity contribution in [3.8, 4) is 44.5 Å². The van der Waals surface area contributed by atoms with Crippen LogP contribution >= 0.6 is 0 Å². The maximum Gasteiger partial charge on any atom is 0.136 e. The summed E-state index contributed by atoms with van der Waals surface area (Å²) in [4.78, 5) is 2.46. The maximum atomic E-state index is 6.71. The van der Waals surface area contributed by atoms with Crippen LogP contribution in [0.3, 0.4) is 0 Å². The van der Waals surface area contributed by atoms with Crippen LogP contribution in [0.2, 0.25) is 0 Å². The number of furan rings is 2. The Kier molecular flexibility index (Phi) is 7.22. The number of nitrogens with zero attached hydrogens (tertiary/aromatic N) is 1. The van der Waals surface area contributed by atoms with Gasteiger partial charge in [0.05, 0.1) is 5.41 Å². The van der Waals surface area contributed by atoms with Crippen molar-refractivity contribution in [2.75, 3.05) is 4.90 Å². The standard InChI is InChI=1S/C64H41NO2/c1-63(2)53-20-10-6-16-43(53)47-29-25-41(34-57(47)63)65(42-26-30-48-46-19-9-13-23-56(46)64(58(48)35-42)54-21-11-7-17-44(54)45-18-8-12-22-55(45)64)40-27-31-59-50(33-40)52-37-61-51(36-62(52)66-59)49-28-24-39(32-60(49)67-61)38-14-4-3-5-15-38/h3-37H,1-2H3. The summed E-state index contributed by atoms with van der Waals surface area (Å²) in [6.45, 7) is 4.73. The van der Waals surface area contributed by atoms with Gasteiger partial charge >= 0.3 is 0 Å². The Labute approximate surface area is 387 Å². The van der Waals surface area contributed by atoms with Gasteiger partial charge in [0.25, 0.3) is 0 Å². The first-order chi connectivity index (χ1) is 32.9. The molecule has 0 radical (unpaired) electrons. The highest BCUT2D eigenvalue weighted by Gasteiger charge is 2.51. The van der Waals surface area contributed by atoms with E-state index in [1.807, 2.05) is 6.07 Å². The van der Waals surface area contributed by atoms with Crippen LogP contribution in [-0.2, 0) is 10.8 Å². The molecule has 0 N–H and O–H groups in total. The Bertz CT molecular complexity index is 4030. The first-order valence-electron chi connectivity index (χ1n) is 23.3. The zero-order chi connectivity index (χ0) is 44.2. The van der Waals surface area contributed by atoms with Crippen molar-refractivity contribution in [2.45, 2.75) is 24.7 Å². The molecule has 0 saturated heterocycles. The van der Waals surface area contributed by atoms with E-state index in [9.17, 15) is 0 Å². The SMILES string of the molecule is CC1(C)c2ccccc2-c2ccc(N(c3ccc4c(c3)C3(c5ccccc5-c5ccccc53)c3ccccc3-4)c3ccc4oc5cc6c(cc5c4c3)oc3cc(-c4ccccc4)ccc36)cc21. The van der Waals surface area contributed by atoms with E-state index >= 15 is 0 Å². The van der Waals surface area contributed by atoms with Gasteiger partial charge in [-0.25, -0.2) is 0 Å². The molecule has 15 rings (SSSR count). The van der Waals surface area contributed by atoms with E-state index in [0.717, 1.165) is 66.5 Å². The number of benzene rings is 10. The van der Waals surface area contributed by atoms with E-state index in [0.29, 0.717) is 0 Å². The van der Waals surface area contributed by atoms with Crippen LogP contribution in [0.5, 0.6) is 0 Å². The number of fused-ring (bicyclic) bond motifs is 19. The summed E-state index contributed by atoms with van der Waals surface area (Å²) in [5.41, 5.74) is 24.1. The molecular weight excluding hydrogens is 815 g/mol. The number of hydrogen-bond acceptors (Lipinski definition) is 3. The summed E-state index contributed by atoms with van der Waals surface area (Å²) < 4.78 is 13.4. The van der Waals surface area contributed by atoms with Crippen molar-refractivity contribution >= 4 is 60.9 Å². The van der Waals surface area contributed by atoms with E-state index in [-0.39, 0.29) is 5.41 Å². The Morgan fingerprint density at radius 1 is 0.299 bits per heavy atom. The second-order valence-electron chi connectivity index (χ2n) is 19.2. The van der Waals surface area contributed by atoms with Crippen molar-refractivity contribution in [1.82, 2.24) is 0 Å². The fourth-order valence-electron chi connectivity index (χ4n) is 12.5. The maximum absolute atomic E-state index is 6.71. The summed E-state index contributed by atoms with van der Waals surface area (Å²) in [6.07, 6.45) is 0. The Balaban J connectivity index is 0.955. The molecule has 3 aliphatic rings. The minimum Gasteiger partial charge on any atom is -0.456 e. The fourth-order valence-corrected chi connectivity index (χ4v) is 12.5. The van der Waals surface area contributed by atoms with Gasteiger partial charge in [-0.05, 0) is 145 Å². The quantitative estimate of drug-likeness (QED) is 0.177. The van der Waals surface area contributed by atoms with Gasteiger partial charge in [0.1, 0.15) is 22.3 Å². The third kappa shape index (κ3) is 4.85. The van der Waals surface area contributed by atoms with Gasteiger partial charge < -0.3 is 13.7 Å². The molecule has 0 aliphatic heterocycles. The van der Waals surface area contributed by atoms with Crippen LogP contribution in [0.15, 0.2) is 221 Å². The number of anilines is 3. The molecular formula is C64H41NO2. The van der Waals surface area contributed by atoms with Crippen LogP contribution in [-0.4, -0.2) is 0 Å². The summed E-state index contributed by atoms with van der Waals surface area (Å²) in [6, 6.07) is 78.3. The van der Waals surface area contributed by atoms with Gasteiger partial charge in [-0.15, -0.1) is 0 Å². The van der Waals surface area contributed by atoms with E-state index in [2.05, 4.69) is 225 Å². The molecule has 0 fully saturated rings. The summed E-state index contributed by atoms with van der Waals surface area (Å²) in [7, 11) is 0. The molecule has 10 aromatic carbocycles. The van der Waals surface area contributed by atoms with Crippen LogP contribution in [0.1, 0.15) is 47.2 Å². The first kappa shape index (κ1) is 36.9. The molecule has 67 heavy (non-hydrogen) atoms. The van der Waals surface area contributed by atoms with Crippen molar-refractivity contribution < 1.29 is 8.83 Å². The van der Waals surface area contributed by atoms with Gasteiger partial charge in [-0.2, -0.15) is 0 Å². The second-order valence-corrected chi connectivity index (χ2v) is 19.2. The van der Waals surface area contributed by atoms with E-state index in [4.69, 9.17) is 8.83 Å². The van der Waals surface area contributed by atoms with Crippen LogP contribution in [0.25, 0.3) is 88.4 Å². The minimum absolute atomic E-state index is 0.168. The molecule has 0 bridgehead atoms. The lowest BCUT2D eigenvalue weighted by molar-refractivity contribution is 0.660. The minimum atomic E-state index is -0.465. The Hall–Kier alpha value is -8.40. The molecule has 12 aromatic rings. The lowest BCUT2D eigenvalue weighted by Crippen LogP contribution is -2.26. The first-order valence-corrected chi connectivity index (χ1v) is 23.3. The highest BCUT2D eigenvalue weighted by atomic mass is 16.3. The number of rotatable bonds is 4. The smallest absolute Gasteiger partial charge is 0.136 e. The van der Waals surface area contributed by atoms with Crippen LogP contribution in [0, 0.1) is 0 Å². The van der Waals surface area contributed by atoms with Crippen molar-refractivity contribution in [1.29, 1.82) is 0 Å². The van der Waals surface area contributed by atoms with Crippen molar-refractivity contribution in [3.63, 3.8) is 0 Å². The normalized spacial score (nSPS) is 14.4. The molecule has 3 nitrogen and oxygen atoms in total. The molecule has 0 saturated carbocycles. The molecule has 2 heterocycles. The van der Waals surface area contributed by atoms with E-state index < -0.39 is 5.41 Å². The fraction of sp³-hybridized carbons (Fsp3) is 0.0625. The lowest BCUT2D eigenvalue weighted by Gasteiger charge is -2.32. The number of hydrogen-bond donors (Lipinski definition) is 0. The summed E-state index contributed by atoms with van der Waals surface area (Å²) in [5, 5.41) is 4.20. The molecule has 0 atom stereocenters. The summed E-state index contributed by atoms with van der Waals surface area (Å²) in [5.74, 6) is 0. The van der Waals surface area contributed by atoms with Gasteiger partial charge in [0.15, 0.2) is 0 Å². The van der Waals surface area contributed by atoms with E-state index in [1.54, 1.807) is 0 Å². The molecule has 0 unspecified atom stereocenters. The Morgan fingerprint density at radius 2 is 0.746 bits per heavy atom. The zero-order valence-corrected chi connectivity index (χ0v) is 37.0. The monoisotopic (exact) mass is 855 g/mol. The second kappa shape index (κ2) is 13.1. The topological polar surface area (TPSA) is 29.5 Å². The predicted octanol–water partition coefficient (Wildman–Crippen LogP) is 17.3. The summed E-state index contributed by atoms with van der Waals surface area (Å²) >= 11 is 0. The molecule has 3 heteroatoms. The van der Waals surface area contributed by atoms with Crippen LogP contribution in [0.4, 0.5) is 17.1 Å². The average molecular weight is 856 g/mol. The molecule has 3 aliphatic carbocycles. The third-order valence-corrected chi connectivity index (χ3v) is 15.5. The third-order valence-electron chi connectivity index (χ3n) is 15.5.